The lowest BCUT2D eigenvalue weighted by molar-refractivity contribution is 0.0913. The van der Waals surface area contributed by atoms with E-state index in [9.17, 15) is 23.8 Å². The number of carbonyl (C=O) groups is 1. The summed E-state index contributed by atoms with van der Waals surface area (Å²) in [5.74, 6) is -2.21. The molecular formula is C15H13F2NO3. The third-order valence-electron chi connectivity index (χ3n) is 2.92. The van der Waals surface area contributed by atoms with Gasteiger partial charge < -0.3 is 15.5 Å². The zero-order valence-corrected chi connectivity index (χ0v) is 10.9. The molecule has 6 heteroatoms. The van der Waals surface area contributed by atoms with Crippen molar-refractivity contribution in [3.8, 4) is 5.75 Å². The van der Waals surface area contributed by atoms with Crippen LogP contribution in [-0.2, 0) is 0 Å². The second kappa shape index (κ2) is 6.32. The molecule has 21 heavy (non-hydrogen) atoms. The van der Waals surface area contributed by atoms with Crippen LogP contribution in [0.4, 0.5) is 8.78 Å². The Balaban J connectivity index is 1.99. The number of phenols is 1. The van der Waals surface area contributed by atoms with Gasteiger partial charge in [0, 0.05) is 12.6 Å². The van der Waals surface area contributed by atoms with Crippen LogP contribution < -0.4 is 5.32 Å². The van der Waals surface area contributed by atoms with E-state index in [0.717, 1.165) is 18.2 Å². The van der Waals surface area contributed by atoms with Crippen LogP contribution in [0.15, 0.2) is 42.5 Å². The van der Waals surface area contributed by atoms with Crippen LogP contribution in [0.1, 0.15) is 22.0 Å². The molecule has 0 fully saturated rings. The van der Waals surface area contributed by atoms with Crippen LogP contribution in [0.5, 0.6) is 5.75 Å². The van der Waals surface area contributed by atoms with Gasteiger partial charge in [0.25, 0.3) is 5.91 Å². The Labute approximate surface area is 119 Å². The maximum Gasteiger partial charge on any atom is 0.255 e. The topological polar surface area (TPSA) is 69.6 Å². The van der Waals surface area contributed by atoms with Crippen molar-refractivity contribution in [2.45, 2.75) is 6.10 Å². The number of benzene rings is 2. The fraction of sp³-hybridized carbons (Fsp3) is 0.133. The number of amides is 1. The van der Waals surface area contributed by atoms with Crippen LogP contribution in [0.3, 0.4) is 0 Å². The van der Waals surface area contributed by atoms with Crippen molar-refractivity contribution < 1.29 is 23.8 Å². The maximum atomic E-state index is 12.8. The molecular weight excluding hydrogens is 280 g/mol. The normalized spacial score (nSPS) is 12.0. The summed E-state index contributed by atoms with van der Waals surface area (Å²) in [6.45, 7) is -0.124. The number of aliphatic hydroxyl groups is 1. The Morgan fingerprint density at radius 1 is 1.10 bits per heavy atom. The highest BCUT2D eigenvalue weighted by atomic mass is 19.1. The Bertz CT molecular complexity index is 644. The van der Waals surface area contributed by atoms with Crippen LogP contribution >= 0.6 is 0 Å². The molecule has 1 atom stereocenters. The molecule has 0 spiro atoms. The molecule has 0 bridgehead atoms. The molecule has 3 N–H and O–H groups in total. The van der Waals surface area contributed by atoms with Gasteiger partial charge in [-0.1, -0.05) is 12.1 Å². The van der Waals surface area contributed by atoms with Crippen molar-refractivity contribution in [3.63, 3.8) is 0 Å². The number of halogens is 2. The van der Waals surface area contributed by atoms with Crippen molar-refractivity contribution in [2.24, 2.45) is 0 Å². The fourth-order valence-corrected chi connectivity index (χ4v) is 1.78. The van der Waals surface area contributed by atoms with Gasteiger partial charge >= 0.3 is 0 Å². The Kier molecular flexibility index (Phi) is 4.49. The molecule has 2 rings (SSSR count). The van der Waals surface area contributed by atoms with Gasteiger partial charge in [0.1, 0.15) is 17.4 Å². The van der Waals surface area contributed by atoms with E-state index in [1.54, 1.807) is 0 Å². The molecule has 0 aliphatic carbocycles. The second-order valence-corrected chi connectivity index (χ2v) is 4.44. The van der Waals surface area contributed by atoms with E-state index in [4.69, 9.17) is 0 Å². The average molecular weight is 293 g/mol. The quantitative estimate of drug-likeness (QED) is 0.809. The number of nitrogens with one attached hydrogen (secondary N) is 1. The number of hydrogen-bond acceptors (Lipinski definition) is 3. The molecule has 0 aliphatic rings. The third kappa shape index (κ3) is 3.76. The third-order valence-corrected chi connectivity index (χ3v) is 2.92. The van der Waals surface area contributed by atoms with Gasteiger partial charge in [0.15, 0.2) is 0 Å². The van der Waals surface area contributed by atoms with E-state index >= 15 is 0 Å². The lowest BCUT2D eigenvalue weighted by atomic mass is 10.1. The van der Waals surface area contributed by atoms with E-state index in [0.29, 0.717) is 5.56 Å². The number of carbonyl (C=O) groups excluding carboxylic acids is 1. The number of hydrogen-bond donors (Lipinski definition) is 3. The largest absolute Gasteiger partial charge is 0.507 e. The van der Waals surface area contributed by atoms with Crippen LogP contribution in [0.2, 0.25) is 0 Å². The molecule has 1 unspecified atom stereocenters. The molecule has 0 aliphatic heterocycles. The molecule has 2 aromatic carbocycles. The molecule has 110 valence electrons. The predicted octanol–water partition coefficient (Wildman–Crippen LogP) is 2.13. The first-order valence-electron chi connectivity index (χ1n) is 6.17. The van der Waals surface area contributed by atoms with E-state index in [-0.39, 0.29) is 12.1 Å². The van der Waals surface area contributed by atoms with E-state index in [2.05, 4.69) is 5.32 Å². The molecule has 0 saturated heterocycles. The summed E-state index contributed by atoms with van der Waals surface area (Å²) in [7, 11) is 0. The summed E-state index contributed by atoms with van der Waals surface area (Å²) < 4.78 is 25.6. The first kappa shape index (κ1) is 14.9. The summed E-state index contributed by atoms with van der Waals surface area (Å²) in [5.41, 5.74) is 0.350. The van der Waals surface area contributed by atoms with Crippen molar-refractivity contribution in [2.75, 3.05) is 6.54 Å². The number of phenolic OH excluding ortho intramolecular Hbond substituents is 1. The number of aliphatic hydroxyl groups excluding tert-OH is 1. The van der Waals surface area contributed by atoms with Crippen molar-refractivity contribution in [1.29, 1.82) is 0 Å². The van der Waals surface area contributed by atoms with Crippen LogP contribution in [0, 0.1) is 11.6 Å². The van der Waals surface area contributed by atoms with Crippen molar-refractivity contribution >= 4 is 5.91 Å². The number of rotatable bonds is 4. The minimum Gasteiger partial charge on any atom is -0.507 e. The first-order valence-corrected chi connectivity index (χ1v) is 6.17. The highest BCUT2D eigenvalue weighted by molar-refractivity contribution is 5.96. The monoisotopic (exact) mass is 293 g/mol. The van der Waals surface area contributed by atoms with Gasteiger partial charge in [-0.15, -0.1) is 0 Å². The summed E-state index contributed by atoms with van der Waals surface area (Å²) in [5, 5.41) is 21.7. The molecule has 0 radical (unpaired) electrons. The summed E-state index contributed by atoms with van der Waals surface area (Å²) >= 11 is 0. The minimum absolute atomic E-state index is 0.0947. The zero-order valence-electron chi connectivity index (χ0n) is 10.9. The lowest BCUT2D eigenvalue weighted by Gasteiger charge is -2.12. The van der Waals surface area contributed by atoms with Gasteiger partial charge in [0.05, 0.1) is 11.7 Å². The van der Waals surface area contributed by atoms with Crippen molar-refractivity contribution in [1.82, 2.24) is 5.32 Å². The highest BCUT2D eigenvalue weighted by Gasteiger charge is 2.14. The standard InChI is InChI=1S/C15H13F2NO3/c16-10-3-1-9(2-4-10)14(20)8-18-15(21)12-6-5-11(17)7-13(12)19/h1-7,14,19-20H,8H2,(H,18,21). The molecule has 0 aromatic heterocycles. The Hall–Kier alpha value is -2.47. The smallest absolute Gasteiger partial charge is 0.255 e. The first-order chi connectivity index (χ1) is 9.97. The fourth-order valence-electron chi connectivity index (χ4n) is 1.78. The lowest BCUT2D eigenvalue weighted by Crippen LogP contribution is -2.28. The van der Waals surface area contributed by atoms with Gasteiger partial charge in [-0.05, 0) is 29.8 Å². The van der Waals surface area contributed by atoms with E-state index in [1.165, 1.54) is 24.3 Å². The van der Waals surface area contributed by atoms with Gasteiger partial charge in [0.2, 0.25) is 0 Å². The van der Waals surface area contributed by atoms with Gasteiger partial charge in [-0.2, -0.15) is 0 Å². The Morgan fingerprint density at radius 3 is 2.33 bits per heavy atom. The maximum absolute atomic E-state index is 12.8. The zero-order chi connectivity index (χ0) is 15.4. The highest BCUT2D eigenvalue weighted by Crippen LogP contribution is 2.18. The minimum atomic E-state index is -1.02. The van der Waals surface area contributed by atoms with Gasteiger partial charge in [-0.3, -0.25) is 4.79 Å². The summed E-state index contributed by atoms with van der Waals surface area (Å²) in [6, 6.07) is 8.22. The summed E-state index contributed by atoms with van der Waals surface area (Å²) in [6.07, 6.45) is -1.02. The number of aromatic hydroxyl groups is 1. The SMILES string of the molecule is O=C(NCC(O)c1ccc(F)cc1)c1ccc(F)cc1O. The van der Waals surface area contributed by atoms with Gasteiger partial charge in [-0.25, -0.2) is 8.78 Å². The van der Waals surface area contributed by atoms with Crippen LogP contribution in [-0.4, -0.2) is 22.7 Å². The predicted molar refractivity (Wildman–Crippen MR) is 71.8 cm³/mol. The average Bonchev–Trinajstić information content (AvgIpc) is 2.45. The Morgan fingerprint density at radius 2 is 1.71 bits per heavy atom. The molecule has 0 saturated carbocycles. The molecule has 1 amide bonds. The summed E-state index contributed by atoms with van der Waals surface area (Å²) in [4.78, 5) is 11.8. The van der Waals surface area contributed by atoms with E-state index < -0.39 is 29.4 Å². The second-order valence-electron chi connectivity index (χ2n) is 4.44. The van der Waals surface area contributed by atoms with E-state index in [1.807, 2.05) is 0 Å². The molecule has 2 aromatic rings. The molecule has 0 heterocycles. The van der Waals surface area contributed by atoms with Crippen LogP contribution in [0.25, 0.3) is 0 Å². The van der Waals surface area contributed by atoms with Crippen molar-refractivity contribution in [3.05, 3.63) is 65.2 Å². The molecule has 4 nitrogen and oxygen atoms in total.